The maximum atomic E-state index is 11.6. The van der Waals surface area contributed by atoms with Crippen LogP contribution in [0.25, 0.3) is 0 Å². The summed E-state index contributed by atoms with van der Waals surface area (Å²) < 4.78 is 5.96. The molecule has 0 spiro atoms. The van der Waals surface area contributed by atoms with Crippen molar-refractivity contribution in [3.63, 3.8) is 0 Å². The number of hydrogen-bond donors (Lipinski definition) is 1. The van der Waals surface area contributed by atoms with Crippen LogP contribution >= 0.6 is 0 Å². The minimum absolute atomic E-state index is 0.166. The summed E-state index contributed by atoms with van der Waals surface area (Å²) in [6.07, 6.45) is 2.14. The molecule has 3 atom stereocenters. The minimum atomic E-state index is 0.166. The highest BCUT2D eigenvalue weighted by atomic mass is 16.5. The number of carbonyl (C=O) groups is 1. The number of carbonyl (C=O) groups excluding carboxylic acids is 1. The van der Waals surface area contributed by atoms with Gasteiger partial charge in [0.25, 0.3) is 0 Å². The first-order chi connectivity index (χ1) is 12.5. The van der Waals surface area contributed by atoms with E-state index in [2.05, 4.69) is 49.9 Å². The van der Waals surface area contributed by atoms with E-state index in [1.807, 2.05) is 4.90 Å². The van der Waals surface area contributed by atoms with Crippen LogP contribution in [0.3, 0.4) is 0 Å². The van der Waals surface area contributed by atoms with Crippen LogP contribution < -0.4 is 10.5 Å². The summed E-state index contributed by atoms with van der Waals surface area (Å²) >= 11 is 0. The molecular weight excluding hydrogens is 326 g/mol. The second-order valence-electron chi connectivity index (χ2n) is 7.46. The lowest BCUT2D eigenvalue weighted by atomic mass is 9.93. The summed E-state index contributed by atoms with van der Waals surface area (Å²) in [5, 5.41) is 0. The summed E-state index contributed by atoms with van der Waals surface area (Å²) in [6.45, 7) is 12.1. The normalized spacial score (nSPS) is 22.3. The van der Waals surface area contributed by atoms with E-state index in [1.54, 1.807) is 6.92 Å². The van der Waals surface area contributed by atoms with Crippen LogP contribution in [0.5, 0.6) is 5.75 Å². The zero-order valence-electron chi connectivity index (χ0n) is 16.8. The summed E-state index contributed by atoms with van der Waals surface area (Å²) in [7, 11) is 0. The molecule has 1 aliphatic rings. The van der Waals surface area contributed by atoms with Crippen LogP contribution in [-0.4, -0.2) is 60.6 Å². The number of benzene rings is 1. The molecule has 1 fully saturated rings. The molecule has 0 saturated carbocycles. The minimum Gasteiger partial charge on any atom is -0.492 e. The molecule has 1 unspecified atom stereocenters. The summed E-state index contributed by atoms with van der Waals surface area (Å²) in [4.78, 5) is 16.0. The predicted octanol–water partition coefficient (Wildman–Crippen LogP) is 2.85. The topological polar surface area (TPSA) is 58.8 Å². The number of amides is 1. The summed E-state index contributed by atoms with van der Waals surface area (Å²) in [5.41, 5.74) is 7.05. The standard InChI is InChI=1S/C21H35N3O2/c1-5-19(10-11-22)20-6-8-21(9-7-20)26-13-12-24-16(2)14-23(18(4)25)15-17(24)3/h6-9,16-17,19H,5,10-15,22H2,1-4H3/t16-,17+,19?. The van der Waals surface area contributed by atoms with Crippen LogP contribution in [0.2, 0.25) is 0 Å². The zero-order valence-corrected chi connectivity index (χ0v) is 16.8. The second kappa shape index (κ2) is 9.93. The van der Waals surface area contributed by atoms with Crippen molar-refractivity contribution >= 4 is 5.91 Å². The first-order valence-electron chi connectivity index (χ1n) is 9.90. The molecule has 26 heavy (non-hydrogen) atoms. The highest BCUT2D eigenvalue weighted by molar-refractivity contribution is 5.73. The van der Waals surface area contributed by atoms with Crippen LogP contribution in [0.1, 0.15) is 52.0 Å². The Hall–Kier alpha value is -1.59. The Kier molecular flexibility index (Phi) is 7.91. The highest BCUT2D eigenvalue weighted by Crippen LogP contribution is 2.25. The molecule has 1 aromatic carbocycles. The van der Waals surface area contributed by atoms with E-state index in [0.29, 0.717) is 24.6 Å². The Bertz CT molecular complexity index is 549. The molecule has 1 aliphatic heterocycles. The van der Waals surface area contributed by atoms with Crippen molar-refractivity contribution in [1.29, 1.82) is 0 Å². The Morgan fingerprint density at radius 1 is 1.23 bits per heavy atom. The third-order valence-electron chi connectivity index (χ3n) is 5.52. The summed E-state index contributed by atoms with van der Waals surface area (Å²) in [5.74, 6) is 1.62. The molecule has 1 saturated heterocycles. The van der Waals surface area contributed by atoms with Gasteiger partial charge in [-0.05, 0) is 56.8 Å². The lowest BCUT2D eigenvalue weighted by Gasteiger charge is -2.44. The van der Waals surface area contributed by atoms with Crippen LogP contribution in [0.15, 0.2) is 24.3 Å². The van der Waals surface area contributed by atoms with Gasteiger partial charge in [-0.2, -0.15) is 0 Å². The molecule has 5 nitrogen and oxygen atoms in total. The Labute approximate surface area is 158 Å². The SMILES string of the molecule is CCC(CCN)c1ccc(OCCN2[C@H](C)CN(C(C)=O)C[C@@H]2C)cc1. The van der Waals surface area contributed by atoms with Gasteiger partial charge in [0.15, 0.2) is 0 Å². The van der Waals surface area contributed by atoms with E-state index < -0.39 is 0 Å². The van der Waals surface area contributed by atoms with E-state index in [0.717, 1.165) is 44.8 Å². The van der Waals surface area contributed by atoms with E-state index in [9.17, 15) is 4.79 Å². The van der Waals surface area contributed by atoms with Crippen molar-refractivity contribution in [2.45, 2.75) is 58.5 Å². The van der Waals surface area contributed by atoms with Gasteiger partial charge in [0.1, 0.15) is 12.4 Å². The van der Waals surface area contributed by atoms with E-state index in [-0.39, 0.29) is 5.91 Å². The van der Waals surface area contributed by atoms with Crippen LogP contribution in [0.4, 0.5) is 0 Å². The van der Waals surface area contributed by atoms with Gasteiger partial charge in [-0.25, -0.2) is 0 Å². The molecule has 0 radical (unpaired) electrons. The number of hydrogen-bond acceptors (Lipinski definition) is 4. The van der Waals surface area contributed by atoms with Gasteiger partial charge in [-0.15, -0.1) is 0 Å². The number of rotatable bonds is 8. The average Bonchev–Trinajstić information content (AvgIpc) is 2.62. The molecule has 1 heterocycles. The van der Waals surface area contributed by atoms with Gasteiger partial charge < -0.3 is 15.4 Å². The van der Waals surface area contributed by atoms with Gasteiger partial charge in [-0.3, -0.25) is 9.69 Å². The molecule has 0 bridgehead atoms. The van der Waals surface area contributed by atoms with E-state index in [4.69, 9.17) is 10.5 Å². The van der Waals surface area contributed by atoms with E-state index >= 15 is 0 Å². The van der Waals surface area contributed by atoms with Crippen molar-refractivity contribution in [2.75, 3.05) is 32.8 Å². The monoisotopic (exact) mass is 361 g/mol. The van der Waals surface area contributed by atoms with Crippen molar-refractivity contribution in [2.24, 2.45) is 5.73 Å². The molecule has 2 rings (SSSR count). The molecule has 1 amide bonds. The molecule has 2 N–H and O–H groups in total. The van der Waals surface area contributed by atoms with E-state index in [1.165, 1.54) is 5.56 Å². The lowest BCUT2D eigenvalue weighted by molar-refractivity contribution is -0.133. The summed E-state index contributed by atoms with van der Waals surface area (Å²) in [6, 6.07) is 9.17. The largest absolute Gasteiger partial charge is 0.492 e. The van der Waals surface area contributed by atoms with Crippen LogP contribution in [0, 0.1) is 0 Å². The third-order valence-corrected chi connectivity index (χ3v) is 5.52. The van der Waals surface area contributed by atoms with Gasteiger partial charge in [0.05, 0.1) is 0 Å². The number of piperazine rings is 1. The predicted molar refractivity (Wildman–Crippen MR) is 107 cm³/mol. The van der Waals surface area contributed by atoms with Crippen molar-refractivity contribution in [1.82, 2.24) is 9.80 Å². The quantitative estimate of drug-likeness (QED) is 0.773. The van der Waals surface area contributed by atoms with Crippen molar-refractivity contribution in [3.8, 4) is 5.75 Å². The Morgan fingerprint density at radius 2 is 1.85 bits per heavy atom. The zero-order chi connectivity index (χ0) is 19.1. The van der Waals surface area contributed by atoms with Gasteiger partial charge in [0.2, 0.25) is 5.91 Å². The smallest absolute Gasteiger partial charge is 0.219 e. The highest BCUT2D eigenvalue weighted by Gasteiger charge is 2.30. The number of ether oxygens (including phenoxy) is 1. The second-order valence-corrected chi connectivity index (χ2v) is 7.46. The Morgan fingerprint density at radius 3 is 2.35 bits per heavy atom. The molecule has 0 aliphatic carbocycles. The van der Waals surface area contributed by atoms with Gasteiger partial charge >= 0.3 is 0 Å². The molecule has 1 aromatic rings. The average molecular weight is 362 g/mol. The molecule has 5 heteroatoms. The van der Waals surface area contributed by atoms with Gasteiger partial charge in [0, 0.05) is 38.6 Å². The fourth-order valence-corrected chi connectivity index (χ4v) is 3.97. The van der Waals surface area contributed by atoms with Gasteiger partial charge in [-0.1, -0.05) is 19.1 Å². The lowest BCUT2D eigenvalue weighted by Crippen LogP contribution is -2.58. The maximum Gasteiger partial charge on any atom is 0.219 e. The van der Waals surface area contributed by atoms with Crippen molar-refractivity contribution < 1.29 is 9.53 Å². The molecular formula is C21H35N3O2. The fourth-order valence-electron chi connectivity index (χ4n) is 3.97. The first kappa shape index (κ1) is 20.7. The fraction of sp³-hybridized carbons (Fsp3) is 0.667. The maximum absolute atomic E-state index is 11.6. The first-order valence-corrected chi connectivity index (χ1v) is 9.90. The molecule has 0 aromatic heterocycles. The van der Waals surface area contributed by atoms with Crippen molar-refractivity contribution in [3.05, 3.63) is 29.8 Å². The van der Waals surface area contributed by atoms with Crippen LogP contribution in [-0.2, 0) is 4.79 Å². The third kappa shape index (κ3) is 5.45. The molecule has 146 valence electrons. The number of nitrogens with two attached hydrogens (primary N) is 1. The number of nitrogens with zero attached hydrogens (tertiary/aromatic N) is 2. The Balaban J connectivity index is 1.83.